The first-order valence-electron chi connectivity index (χ1n) is 10.2. The topological polar surface area (TPSA) is 119 Å². The van der Waals surface area contributed by atoms with Crippen LogP contribution in [0.5, 0.6) is 5.75 Å². The maximum atomic E-state index is 5.99. The zero-order chi connectivity index (χ0) is 22.5. The molecular formula is C21H25ClN8OS. The summed E-state index contributed by atoms with van der Waals surface area (Å²) < 4.78 is 5.88. The van der Waals surface area contributed by atoms with Crippen LogP contribution in [0.1, 0.15) is 35.0 Å². The van der Waals surface area contributed by atoms with Crippen molar-refractivity contribution < 1.29 is 4.74 Å². The SMILES string of the molecule is Cc1cnc(Cl)nc1N1CCC(c2nc(COc3ccc(N(N)/C=N\N)cc3)cs2)CC1. The molecule has 2 aromatic heterocycles. The Kier molecular flexibility index (Phi) is 7.03. The highest BCUT2D eigenvalue weighted by Crippen LogP contribution is 2.33. The molecule has 0 saturated carbocycles. The smallest absolute Gasteiger partial charge is 0.224 e. The number of ether oxygens (including phenoxy) is 1. The molecule has 0 radical (unpaired) electrons. The fourth-order valence-electron chi connectivity index (χ4n) is 3.66. The number of thiazole rings is 1. The van der Waals surface area contributed by atoms with Crippen molar-refractivity contribution >= 4 is 40.8 Å². The van der Waals surface area contributed by atoms with Crippen LogP contribution in [0, 0.1) is 6.92 Å². The normalized spacial score (nSPS) is 14.8. The van der Waals surface area contributed by atoms with Gasteiger partial charge in [0.1, 0.15) is 24.5 Å². The molecule has 168 valence electrons. The van der Waals surface area contributed by atoms with Crippen LogP contribution in [0.4, 0.5) is 11.5 Å². The Morgan fingerprint density at radius 2 is 2.03 bits per heavy atom. The average molecular weight is 473 g/mol. The van der Waals surface area contributed by atoms with E-state index in [4.69, 9.17) is 33.0 Å². The van der Waals surface area contributed by atoms with Crippen molar-refractivity contribution in [3.63, 3.8) is 0 Å². The summed E-state index contributed by atoms with van der Waals surface area (Å²) in [6.07, 6.45) is 5.16. The van der Waals surface area contributed by atoms with Gasteiger partial charge in [0.15, 0.2) is 0 Å². The van der Waals surface area contributed by atoms with Gasteiger partial charge < -0.3 is 15.5 Å². The Balaban J connectivity index is 1.30. The van der Waals surface area contributed by atoms with Gasteiger partial charge in [-0.15, -0.1) is 11.3 Å². The predicted octanol–water partition coefficient (Wildman–Crippen LogP) is 3.44. The first-order valence-corrected chi connectivity index (χ1v) is 11.5. The van der Waals surface area contributed by atoms with E-state index in [0.717, 1.165) is 59.5 Å². The van der Waals surface area contributed by atoms with Gasteiger partial charge in [0.25, 0.3) is 0 Å². The number of aromatic nitrogens is 3. The number of nitrogens with two attached hydrogens (primary N) is 2. The van der Waals surface area contributed by atoms with Crippen LogP contribution in [0.25, 0.3) is 0 Å². The third-order valence-electron chi connectivity index (χ3n) is 5.34. The molecule has 1 aromatic carbocycles. The van der Waals surface area contributed by atoms with Crippen molar-refractivity contribution in [2.45, 2.75) is 32.3 Å². The maximum absolute atomic E-state index is 5.99. The number of halogens is 1. The van der Waals surface area contributed by atoms with Crippen LogP contribution in [-0.2, 0) is 6.61 Å². The first-order chi connectivity index (χ1) is 15.5. The van der Waals surface area contributed by atoms with Crippen molar-refractivity contribution in [2.24, 2.45) is 16.8 Å². The van der Waals surface area contributed by atoms with E-state index in [1.54, 1.807) is 17.5 Å². The van der Waals surface area contributed by atoms with E-state index < -0.39 is 0 Å². The molecule has 11 heteroatoms. The number of nitrogens with zero attached hydrogens (tertiary/aromatic N) is 6. The fourth-order valence-corrected chi connectivity index (χ4v) is 4.76. The Labute approximate surface area is 195 Å². The van der Waals surface area contributed by atoms with Crippen molar-refractivity contribution in [2.75, 3.05) is 23.0 Å². The molecular weight excluding hydrogens is 448 g/mol. The lowest BCUT2D eigenvalue weighted by molar-refractivity contribution is 0.301. The van der Waals surface area contributed by atoms with Crippen LogP contribution in [0.2, 0.25) is 5.28 Å². The molecule has 0 unspecified atom stereocenters. The van der Waals surface area contributed by atoms with E-state index in [2.05, 4.69) is 25.3 Å². The first kappa shape index (κ1) is 22.3. The summed E-state index contributed by atoms with van der Waals surface area (Å²) in [6, 6.07) is 7.38. The second-order valence-corrected chi connectivity index (χ2v) is 8.77. The lowest BCUT2D eigenvalue weighted by Crippen LogP contribution is -2.34. The number of anilines is 2. The Bertz CT molecular complexity index is 1070. The third-order valence-corrected chi connectivity index (χ3v) is 6.58. The second kappa shape index (κ2) is 10.1. The highest BCUT2D eigenvalue weighted by Gasteiger charge is 2.25. The van der Waals surface area contributed by atoms with Crippen molar-refractivity contribution in [3.05, 3.63) is 57.4 Å². The van der Waals surface area contributed by atoms with Gasteiger partial charge in [-0.1, -0.05) is 0 Å². The summed E-state index contributed by atoms with van der Waals surface area (Å²) in [5.74, 6) is 13.0. The largest absolute Gasteiger partial charge is 0.487 e. The average Bonchev–Trinajstić information content (AvgIpc) is 3.29. The minimum Gasteiger partial charge on any atom is -0.487 e. The van der Waals surface area contributed by atoms with E-state index >= 15 is 0 Å². The van der Waals surface area contributed by atoms with Crippen LogP contribution < -0.4 is 26.3 Å². The van der Waals surface area contributed by atoms with Gasteiger partial charge >= 0.3 is 0 Å². The van der Waals surface area contributed by atoms with Gasteiger partial charge in [-0.05, 0) is 55.6 Å². The van der Waals surface area contributed by atoms with E-state index in [9.17, 15) is 0 Å². The molecule has 3 heterocycles. The van der Waals surface area contributed by atoms with Crippen LogP contribution in [-0.4, -0.2) is 34.4 Å². The summed E-state index contributed by atoms with van der Waals surface area (Å²) in [4.78, 5) is 15.6. The molecule has 4 rings (SSSR count). The molecule has 3 aromatic rings. The number of benzene rings is 1. The third kappa shape index (κ3) is 5.26. The van der Waals surface area contributed by atoms with E-state index in [0.29, 0.717) is 12.5 Å². The minimum absolute atomic E-state index is 0.289. The Morgan fingerprint density at radius 1 is 1.28 bits per heavy atom. The highest BCUT2D eigenvalue weighted by atomic mass is 35.5. The number of hydrazine groups is 1. The van der Waals surface area contributed by atoms with Gasteiger partial charge in [0.05, 0.1) is 16.4 Å². The number of hydrogen-bond donors (Lipinski definition) is 2. The summed E-state index contributed by atoms with van der Waals surface area (Å²) in [6.45, 7) is 4.27. The molecule has 0 spiro atoms. The molecule has 1 aliphatic rings. The Hall–Kier alpha value is -2.95. The molecule has 32 heavy (non-hydrogen) atoms. The molecule has 4 N–H and O–H groups in total. The molecule has 0 bridgehead atoms. The fraction of sp³-hybridized carbons (Fsp3) is 0.333. The molecule has 1 saturated heterocycles. The van der Waals surface area contributed by atoms with Crippen molar-refractivity contribution in [3.8, 4) is 5.75 Å². The minimum atomic E-state index is 0.289. The maximum Gasteiger partial charge on any atom is 0.224 e. The van der Waals surface area contributed by atoms with Crippen LogP contribution >= 0.6 is 22.9 Å². The second-order valence-electron chi connectivity index (χ2n) is 7.54. The standard InChI is InChI=1S/C21H25ClN8OS/c1-14-10-25-21(22)28-19(14)29-8-6-15(7-9-29)20-27-16(12-32-20)11-31-18-4-2-17(3-5-18)30(24)13-26-23/h2-5,10,12-13,15H,6-9,11,23-24H2,1H3/b26-13-. The van der Waals surface area contributed by atoms with Gasteiger partial charge in [0.2, 0.25) is 5.28 Å². The molecule has 0 atom stereocenters. The molecule has 9 nitrogen and oxygen atoms in total. The van der Waals surface area contributed by atoms with Gasteiger partial charge in [-0.2, -0.15) is 5.10 Å². The number of hydrogen-bond acceptors (Lipinski definition) is 9. The van der Waals surface area contributed by atoms with E-state index in [-0.39, 0.29) is 5.28 Å². The number of hydrazone groups is 1. The zero-order valence-corrected chi connectivity index (χ0v) is 19.3. The highest BCUT2D eigenvalue weighted by molar-refractivity contribution is 7.09. The van der Waals surface area contributed by atoms with Crippen LogP contribution in [0.3, 0.4) is 0 Å². The monoisotopic (exact) mass is 472 g/mol. The number of rotatable bonds is 7. The van der Waals surface area contributed by atoms with Gasteiger partial charge in [-0.25, -0.2) is 20.8 Å². The summed E-state index contributed by atoms with van der Waals surface area (Å²) in [5.41, 5.74) is 2.74. The quantitative estimate of drug-likeness (QED) is 0.176. The zero-order valence-electron chi connectivity index (χ0n) is 17.7. The summed E-state index contributed by atoms with van der Waals surface area (Å²) in [5, 5.41) is 8.26. The Morgan fingerprint density at radius 3 is 2.75 bits per heavy atom. The van der Waals surface area contributed by atoms with Crippen molar-refractivity contribution in [1.29, 1.82) is 0 Å². The summed E-state index contributed by atoms with van der Waals surface area (Å²) in [7, 11) is 0. The molecule has 0 amide bonds. The van der Waals surface area contributed by atoms with E-state index in [1.807, 2.05) is 31.2 Å². The predicted molar refractivity (Wildman–Crippen MR) is 128 cm³/mol. The molecule has 1 fully saturated rings. The summed E-state index contributed by atoms with van der Waals surface area (Å²) >= 11 is 7.68. The van der Waals surface area contributed by atoms with Gasteiger partial charge in [-0.3, -0.25) is 5.01 Å². The van der Waals surface area contributed by atoms with Gasteiger partial charge in [0, 0.05) is 36.1 Å². The van der Waals surface area contributed by atoms with Crippen LogP contribution in [0.15, 0.2) is 40.9 Å². The van der Waals surface area contributed by atoms with Crippen molar-refractivity contribution in [1.82, 2.24) is 15.0 Å². The lowest BCUT2D eigenvalue weighted by atomic mass is 9.97. The lowest BCUT2D eigenvalue weighted by Gasteiger charge is -2.32. The number of piperidine rings is 1. The molecule has 1 aliphatic heterocycles. The van der Waals surface area contributed by atoms with E-state index in [1.165, 1.54) is 11.3 Å². The molecule has 0 aliphatic carbocycles. The number of aryl methyl sites for hydroxylation is 1.